The number of hydrogen-bond donors (Lipinski definition) is 1. The third kappa shape index (κ3) is 4.02. The molecule has 2 heterocycles. The van der Waals surface area contributed by atoms with Crippen molar-refractivity contribution in [2.24, 2.45) is 0 Å². The third-order valence-corrected chi connectivity index (χ3v) is 4.53. The lowest BCUT2D eigenvalue weighted by Gasteiger charge is -2.11. The van der Waals surface area contributed by atoms with Crippen LogP contribution in [0.3, 0.4) is 0 Å². The van der Waals surface area contributed by atoms with Crippen molar-refractivity contribution in [2.75, 3.05) is 0 Å². The Hall–Kier alpha value is -1.46. The maximum atomic E-state index is 5.93. The number of aromatic nitrogens is 2. The van der Waals surface area contributed by atoms with E-state index in [1.165, 1.54) is 12.8 Å². The van der Waals surface area contributed by atoms with E-state index in [9.17, 15) is 0 Å². The Morgan fingerprint density at radius 3 is 2.90 bits per heavy atom. The van der Waals surface area contributed by atoms with Crippen LogP contribution in [0.2, 0.25) is 0 Å². The molecule has 5 heteroatoms. The van der Waals surface area contributed by atoms with Crippen molar-refractivity contribution in [1.29, 1.82) is 0 Å². The smallest absolute Gasteiger partial charge is 0.142 e. The van der Waals surface area contributed by atoms with Crippen molar-refractivity contribution < 1.29 is 4.74 Å². The molecule has 0 aliphatic heterocycles. The summed E-state index contributed by atoms with van der Waals surface area (Å²) in [6.45, 7) is 5.42. The summed E-state index contributed by atoms with van der Waals surface area (Å²) in [5.41, 5.74) is 3.02. The number of nitrogens with zero attached hydrogens (tertiary/aromatic N) is 2. The molecular formula is C16H21N3OS. The van der Waals surface area contributed by atoms with Gasteiger partial charge in [-0.15, -0.1) is 11.3 Å². The molecule has 0 radical (unpaired) electrons. The lowest BCUT2D eigenvalue weighted by Crippen LogP contribution is -2.17. The minimum absolute atomic E-state index is 0.512. The van der Waals surface area contributed by atoms with E-state index in [-0.39, 0.29) is 0 Å². The zero-order valence-electron chi connectivity index (χ0n) is 12.6. The summed E-state index contributed by atoms with van der Waals surface area (Å²) in [4.78, 5) is 9.13. The maximum absolute atomic E-state index is 5.93. The molecule has 0 unspecified atom stereocenters. The van der Waals surface area contributed by atoms with Gasteiger partial charge in [0.05, 0.1) is 16.4 Å². The van der Waals surface area contributed by atoms with Crippen LogP contribution >= 0.6 is 11.3 Å². The van der Waals surface area contributed by atoms with Crippen molar-refractivity contribution in [2.45, 2.75) is 52.3 Å². The average molecular weight is 303 g/mol. The van der Waals surface area contributed by atoms with Crippen LogP contribution in [-0.2, 0) is 19.6 Å². The van der Waals surface area contributed by atoms with E-state index in [0.29, 0.717) is 12.6 Å². The highest BCUT2D eigenvalue weighted by molar-refractivity contribution is 7.09. The molecule has 2 aromatic heterocycles. The van der Waals surface area contributed by atoms with Crippen LogP contribution in [0.5, 0.6) is 5.75 Å². The van der Waals surface area contributed by atoms with Crippen LogP contribution in [0.25, 0.3) is 0 Å². The minimum Gasteiger partial charge on any atom is -0.485 e. The molecule has 112 valence electrons. The summed E-state index contributed by atoms with van der Waals surface area (Å²) in [6, 6.07) is 4.68. The molecule has 21 heavy (non-hydrogen) atoms. The molecule has 1 aliphatic carbocycles. The van der Waals surface area contributed by atoms with Crippen LogP contribution in [0.1, 0.15) is 41.9 Å². The number of nitrogens with one attached hydrogen (secondary N) is 1. The molecule has 1 saturated carbocycles. The zero-order chi connectivity index (χ0) is 14.7. The number of aryl methyl sites for hydroxylation is 2. The van der Waals surface area contributed by atoms with E-state index < -0.39 is 0 Å². The van der Waals surface area contributed by atoms with E-state index >= 15 is 0 Å². The maximum Gasteiger partial charge on any atom is 0.142 e. The summed E-state index contributed by atoms with van der Waals surface area (Å²) in [5, 5.41) is 6.73. The van der Waals surface area contributed by atoms with Crippen molar-refractivity contribution in [3.8, 4) is 5.75 Å². The molecule has 1 fully saturated rings. The Morgan fingerprint density at radius 1 is 1.33 bits per heavy atom. The van der Waals surface area contributed by atoms with E-state index in [0.717, 1.165) is 40.8 Å². The molecule has 0 saturated heterocycles. The molecule has 0 bridgehead atoms. The predicted octanol–water partition coefficient (Wildman–Crippen LogP) is 3.24. The Morgan fingerprint density at radius 2 is 2.19 bits per heavy atom. The van der Waals surface area contributed by atoms with Gasteiger partial charge in [-0.1, -0.05) is 6.92 Å². The average Bonchev–Trinajstić information content (AvgIpc) is 3.21. The fraction of sp³-hybridized carbons (Fsp3) is 0.500. The second-order valence-corrected chi connectivity index (χ2v) is 6.37. The Labute approximate surface area is 129 Å². The van der Waals surface area contributed by atoms with Gasteiger partial charge in [0, 0.05) is 23.7 Å². The van der Waals surface area contributed by atoms with Crippen LogP contribution in [0, 0.1) is 6.92 Å². The normalized spacial score (nSPS) is 14.4. The van der Waals surface area contributed by atoms with Crippen molar-refractivity contribution in [3.63, 3.8) is 0 Å². The molecule has 0 spiro atoms. The van der Waals surface area contributed by atoms with E-state index in [1.54, 1.807) is 11.3 Å². The number of pyridine rings is 1. The lowest BCUT2D eigenvalue weighted by molar-refractivity contribution is 0.296. The zero-order valence-corrected chi connectivity index (χ0v) is 13.4. The van der Waals surface area contributed by atoms with Crippen molar-refractivity contribution >= 4 is 11.3 Å². The molecule has 1 aliphatic rings. The molecule has 0 amide bonds. The first-order valence-electron chi connectivity index (χ1n) is 7.50. The van der Waals surface area contributed by atoms with Gasteiger partial charge in [0.1, 0.15) is 12.4 Å². The number of rotatable bonds is 7. The standard InChI is InChI=1S/C16H21N3OS/c1-3-16-19-13(10-21-16)9-20-15-7-4-11(2)18-14(15)8-17-12-5-6-12/h4,7,10,12,17H,3,5-6,8-9H2,1-2H3. The van der Waals surface area contributed by atoms with Gasteiger partial charge in [-0.25, -0.2) is 4.98 Å². The summed E-state index contributed by atoms with van der Waals surface area (Å²) < 4.78 is 5.93. The van der Waals surface area contributed by atoms with Crippen LogP contribution in [-0.4, -0.2) is 16.0 Å². The highest BCUT2D eigenvalue weighted by Gasteiger charge is 2.21. The first kappa shape index (κ1) is 14.5. The van der Waals surface area contributed by atoms with Gasteiger partial charge in [0.25, 0.3) is 0 Å². The van der Waals surface area contributed by atoms with E-state index in [1.807, 2.05) is 19.1 Å². The molecule has 3 rings (SSSR count). The summed E-state index contributed by atoms with van der Waals surface area (Å²) >= 11 is 1.69. The number of ether oxygens (including phenoxy) is 1. The van der Waals surface area contributed by atoms with E-state index in [2.05, 4.69) is 27.6 Å². The van der Waals surface area contributed by atoms with Gasteiger partial charge in [0.15, 0.2) is 0 Å². The van der Waals surface area contributed by atoms with Crippen molar-refractivity contribution in [1.82, 2.24) is 15.3 Å². The van der Waals surface area contributed by atoms with Gasteiger partial charge >= 0.3 is 0 Å². The first-order valence-corrected chi connectivity index (χ1v) is 8.38. The van der Waals surface area contributed by atoms with E-state index in [4.69, 9.17) is 4.74 Å². The number of thiazole rings is 1. The largest absolute Gasteiger partial charge is 0.485 e. The first-order chi connectivity index (χ1) is 10.2. The fourth-order valence-corrected chi connectivity index (χ4v) is 2.84. The minimum atomic E-state index is 0.512. The molecule has 0 aromatic carbocycles. The summed E-state index contributed by atoms with van der Waals surface area (Å²) in [7, 11) is 0. The van der Waals surface area contributed by atoms with Gasteiger partial charge in [-0.2, -0.15) is 0 Å². The topological polar surface area (TPSA) is 47.0 Å². The van der Waals surface area contributed by atoms with Gasteiger partial charge in [-0.05, 0) is 38.3 Å². The predicted molar refractivity (Wildman–Crippen MR) is 84.7 cm³/mol. The van der Waals surface area contributed by atoms with Crippen LogP contribution in [0.15, 0.2) is 17.5 Å². The Balaban J connectivity index is 1.65. The second kappa shape index (κ2) is 6.54. The van der Waals surface area contributed by atoms with Gasteiger partial charge in [-0.3, -0.25) is 4.98 Å². The summed E-state index contributed by atoms with van der Waals surface area (Å²) in [5.74, 6) is 0.861. The van der Waals surface area contributed by atoms with Gasteiger partial charge in [0.2, 0.25) is 0 Å². The van der Waals surface area contributed by atoms with Gasteiger partial charge < -0.3 is 10.1 Å². The summed E-state index contributed by atoms with van der Waals surface area (Å²) in [6.07, 6.45) is 3.54. The SMILES string of the molecule is CCc1nc(COc2ccc(C)nc2CNC2CC2)cs1. The lowest BCUT2D eigenvalue weighted by atomic mass is 10.2. The quantitative estimate of drug-likeness (QED) is 0.853. The monoisotopic (exact) mass is 303 g/mol. The molecular weight excluding hydrogens is 282 g/mol. The highest BCUT2D eigenvalue weighted by Crippen LogP contribution is 2.23. The fourth-order valence-electron chi connectivity index (χ4n) is 2.11. The second-order valence-electron chi connectivity index (χ2n) is 5.43. The Kier molecular flexibility index (Phi) is 4.51. The molecule has 1 N–H and O–H groups in total. The van der Waals surface area contributed by atoms with Crippen LogP contribution in [0.4, 0.5) is 0 Å². The Bertz CT molecular complexity index is 607. The van der Waals surface area contributed by atoms with Crippen LogP contribution < -0.4 is 10.1 Å². The molecule has 0 atom stereocenters. The highest BCUT2D eigenvalue weighted by atomic mass is 32.1. The molecule has 4 nitrogen and oxygen atoms in total. The number of hydrogen-bond acceptors (Lipinski definition) is 5. The van der Waals surface area contributed by atoms with Crippen molar-refractivity contribution in [3.05, 3.63) is 39.6 Å². The molecule has 2 aromatic rings. The third-order valence-electron chi connectivity index (χ3n) is 3.48.